The molecule has 0 bridgehead atoms. The van der Waals surface area contributed by atoms with Gasteiger partial charge in [0, 0.05) is 18.6 Å². The number of rotatable bonds is 2. The van der Waals surface area contributed by atoms with Gasteiger partial charge in [-0.3, -0.25) is 5.41 Å². The van der Waals surface area contributed by atoms with E-state index in [1.807, 2.05) is 12.1 Å². The first-order valence-electron chi connectivity index (χ1n) is 4.63. The standard InChI is InChI=1S/C10H14ClN5/c1-16(10(14)15-9(12)13)6-7-2-4-8(11)5-3-7/h2-5H,6H2,1H3,(H5,12,13,14,15). The molecule has 0 aliphatic carbocycles. The van der Waals surface area contributed by atoms with E-state index in [9.17, 15) is 0 Å². The molecule has 0 heterocycles. The zero-order valence-electron chi connectivity index (χ0n) is 8.94. The summed E-state index contributed by atoms with van der Waals surface area (Å²) in [6.07, 6.45) is 0. The fraction of sp³-hybridized carbons (Fsp3) is 0.200. The minimum atomic E-state index is -0.118. The van der Waals surface area contributed by atoms with E-state index in [0.29, 0.717) is 11.6 Å². The predicted octanol–water partition coefficient (Wildman–Crippen LogP) is 0.980. The molecule has 0 atom stereocenters. The van der Waals surface area contributed by atoms with Gasteiger partial charge in [-0.1, -0.05) is 23.7 Å². The average Bonchev–Trinajstić information content (AvgIpc) is 2.20. The zero-order valence-corrected chi connectivity index (χ0v) is 9.70. The highest BCUT2D eigenvalue weighted by molar-refractivity contribution is 6.30. The Kier molecular flexibility index (Phi) is 4.13. The molecule has 5 nitrogen and oxygen atoms in total. The quantitative estimate of drug-likeness (QED) is 0.531. The van der Waals surface area contributed by atoms with Crippen LogP contribution >= 0.6 is 11.6 Å². The molecule has 0 amide bonds. The number of nitrogens with one attached hydrogen (secondary N) is 1. The molecule has 0 saturated carbocycles. The van der Waals surface area contributed by atoms with Crippen LogP contribution in [0.1, 0.15) is 5.56 Å². The molecule has 1 aromatic rings. The lowest BCUT2D eigenvalue weighted by Gasteiger charge is -2.16. The summed E-state index contributed by atoms with van der Waals surface area (Å²) >= 11 is 5.77. The number of halogens is 1. The molecule has 0 aromatic heterocycles. The smallest absolute Gasteiger partial charge is 0.221 e. The van der Waals surface area contributed by atoms with Crippen molar-refractivity contribution in [3.05, 3.63) is 34.9 Å². The van der Waals surface area contributed by atoms with Crippen LogP contribution in [-0.2, 0) is 6.54 Å². The molecule has 0 fully saturated rings. The molecule has 0 spiro atoms. The minimum absolute atomic E-state index is 0.0231. The van der Waals surface area contributed by atoms with E-state index in [1.165, 1.54) is 0 Å². The Balaban J connectivity index is 2.64. The molecule has 5 N–H and O–H groups in total. The lowest BCUT2D eigenvalue weighted by atomic mass is 10.2. The van der Waals surface area contributed by atoms with Gasteiger partial charge in [0.05, 0.1) is 0 Å². The van der Waals surface area contributed by atoms with Gasteiger partial charge in [0.1, 0.15) is 0 Å². The third-order valence-corrected chi connectivity index (χ3v) is 2.18. The number of guanidine groups is 2. The highest BCUT2D eigenvalue weighted by atomic mass is 35.5. The Hall–Kier alpha value is -1.75. The summed E-state index contributed by atoms with van der Waals surface area (Å²) in [5.41, 5.74) is 11.4. The van der Waals surface area contributed by atoms with Crippen molar-refractivity contribution >= 4 is 23.5 Å². The monoisotopic (exact) mass is 239 g/mol. The molecule has 0 saturated heterocycles. The number of nitrogens with two attached hydrogens (primary N) is 2. The van der Waals surface area contributed by atoms with Crippen molar-refractivity contribution < 1.29 is 0 Å². The van der Waals surface area contributed by atoms with Crippen molar-refractivity contribution in [3.63, 3.8) is 0 Å². The summed E-state index contributed by atoms with van der Waals surface area (Å²) < 4.78 is 0. The van der Waals surface area contributed by atoms with Crippen LogP contribution in [-0.4, -0.2) is 23.9 Å². The van der Waals surface area contributed by atoms with Crippen LogP contribution in [0.15, 0.2) is 29.3 Å². The number of benzene rings is 1. The third-order valence-electron chi connectivity index (χ3n) is 1.93. The van der Waals surface area contributed by atoms with E-state index in [1.54, 1.807) is 24.1 Å². The fourth-order valence-electron chi connectivity index (χ4n) is 1.15. The van der Waals surface area contributed by atoms with Crippen LogP contribution in [0.25, 0.3) is 0 Å². The van der Waals surface area contributed by atoms with Gasteiger partial charge in [-0.05, 0) is 17.7 Å². The molecule has 6 heteroatoms. The van der Waals surface area contributed by atoms with Crippen LogP contribution in [0.3, 0.4) is 0 Å². The lowest BCUT2D eigenvalue weighted by Crippen LogP contribution is -2.30. The van der Waals surface area contributed by atoms with Gasteiger partial charge >= 0.3 is 0 Å². The molecule has 1 rings (SSSR count). The van der Waals surface area contributed by atoms with Crippen LogP contribution in [0.5, 0.6) is 0 Å². The largest absolute Gasteiger partial charge is 0.370 e. The van der Waals surface area contributed by atoms with Gasteiger partial charge in [-0.15, -0.1) is 0 Å². The summed E-state index contributed by atoms with van der Waals surface area (Å²) in [5, 5.41) is 8.25. The second-order valence-electron chi connectivity index (χ2n) is 3.34. The Morgan fingerprint density at radius 1 is 1.38 bits per heavy atom. The maximum absolute atomic E-state index is 7.57. The van der Waals surface area contributed by atoms with E-state index in [0.717, 1.165) is 5.56 Å². The molecule has 0 radical (unpaired) electrons. The summed E-state index contributed by atoms with van der Waals surface area (Å²) in [4.78, 5) is 5.27. The second kappa shape index (κ2) is 5.37. The Morgan fingerprint density at radius 2 is 1.94 bits per heavy atom. The van der Waals surface area contributed by atoms with Crippen molar-refractivity contribution in [1.82, 2.24) is 4.90 Å². The highest BCUT2D eigenvalue weighted by Gasteiger charge is 2.04. The van der Waals surface area contributed by atoms with Crippen LogP contribution in [0.2, 0.25) is 5.02 Å². The molecule has 0 aliphatic heterocycles. The summed E-state index contributed by atoms with van der Waals surface area (Å²) in [7, 11) is 1.74. The average molecular weight is 240 g/mol. The van der Waals surface area contributed by atoms with Crippen LogP contribution < -0.4 is 11.5 Å². The Labute approximate surface area is 99.2 Å². The van der Waals surface area contributed by atoms with E-state index >= 15 is 0 Å². The number of hydrogen-bond donors (Lipinski definition) is 3. The van der Waals surface area contributed by atoms with Gasteiger partial charge in [0.15, 0.2) is 5.96 Å². The first-order chi connectivity index (χ1) is 7.49. The van der Waals surface area contributed by atoms with E-state index < -0.39 is 0 Å². The number of hydrogen-bond acceptors (Lipinski definition) is 1. The van der Waals surface area contributed by atoms with Crippen molar-refractivity contribution in [2.24, 2.45) is 16.5 Å². The van der Waals surface area contributed by atoms with Crippen molar-refractivity contribution in [2.45, 2.75) is 6.54 Å². The third kappa shape index (κ3) is 3.78. The predicted molar refractivity (Wildman–Crippen MR) is 66.5 cm³/mol. The van der Waals surface area contributed by atoms with E-state index in [-0.39, 0.29) is 11.9 Å². The van der Waals surface area contributed by atoms with Gasteiger partial charge in [-0.2, -0.15) is 4.99 Å². The second-order valence-corrected chi connectivity index (χ2v) is 3.78. The Morgan fingerprint density at radius 3 is 2.44 bits per heavy atom. The van der Waals surface area contributed by atoms with Crippen LogP contribution in [0, 0.1) is 5.41 Å². The maximum atomic E-state index is 7.57. The van der Waals surface area contributed by atoms with Gasteiger partial charge in [0.25, 0.3) is 0 Å². The maximum Gasteiger partial charge on any atom is 0.221 e. The van der Waals surface area contributed by atoms with Crippen LogP contribution in [0.4, 0.5) is 0 Å². The molecule has 16 heavy (non-hydrogen) atoms. The lowest BCUT2D eigenvalue weighted by molar-refractivity contribution is 0.491. The first-order valence-corrected chi connectivity index (χ1v) is 5.00. The van der Waals surface area contributed by atoms with Crippen molar-refractivity contribution in [1.29, 1.82) is 5.41 Å². The van der Waals surface area contributed by atoms with Crippen molar-refractivity contribution in [3.8, 4) is 0 Å². The topological polar surface area (TPSA) is 91.5 Å². The SMILES string of the molecule is CN(Cc1ccc(Cl)cc1)C(=N)N=C(N)N. The summed E-state index contributed by atoms with van der Waals surface area (Å²) in [6, 6.07) is 7.38. The summed E-state index contributed by atoms with van der Waals surface area (Å²) in [5.74, 6) is -0.0945. The molecule has 86 valence electrons. The number of nitrogens with zero attached hydrogens (tertiary/aromatic N) is 2. The van der Waals surface area contributed by atoms with Gasteiger partial charge in [0.2, 0.25) is 5.96 Å². The fourth-order valence-corrected chi connectivity index (χ4v) is 1.27. The molecular weight excluding hydrogens is 226 g/mol. The normalized spacial score (nSPS) is 9.62. The van der Waals surface area contributed by atoms with Crippen molar-refractivity contribution in [2.75, 3.05) is 7.05 Å². The summed E-state index contributed by atoms with van der Waals surface area (Å²) in [6.45, 7) is 0.548. The molecule has 0 aliphatic rings. The van der Waals surface area contributed by atoms with E-state index in [4.69, 9.17) is 28.5 Å². The molecule has 1 aromatic carbocycles. The highest BCUT2D eigenvalue weighted by Crippen LogP contribution is 2.10. The first kappa shape index (κ1) is 12.3. The van der Waals surface area contributed by atoms with Gasteiger partial charge in [-0.25, -0.2) is 0 Å². The molecule has 0 unspecified atom stereocenters. The van der Waals surface area contributed by atoms with E-state index in [2.05, 4.69) is 4.99 Å². The number of aliphatic imine (C=N–C) groups is 1. The molecular formula is C10H14ClN5. The zero-order chi connectivity index (χ0) is 12.1. The van der Waals surface area contributed by atoms with Gasteiger partial charge < -0.3 is 16.4 Å². The minimum Gasteiger partial charge on any atom is -0.370 e. The Bertz CT molecular complexity index is 394.